The van der Waals surface area contributed by atoms with E-state index in [0.29, 0.717) is 34.2 Å². The zero-order chi connectivity index (χ0) is 24.7. The quantitative estimate of drug-likeness (QED) is 0.460. The number of nitrogens with zero attached hydrogens (tertiary/aromatic N) is 2. The molecule has 3 amide bonds. The Morgan fingerprint density at radius 1 is 1.03 bits per heavy atom. The number of hydrazine groups is 1. The van der Waals surface area contributed by atoms with Crippen LogP contribution in [0.1, 0.15) is 28.9 Å². The molecular formula is C26H21BrClN3O4. The smallest absolute Gasteiger partial charge is 0.268 e. The van der Waals surface area contributed by atoms with E-state index in [-0.39, 0.29) is 5.91 Å². The molecule has 2 saturated heterocycles. The van der Waals surface area contributed by atoms with Crippen LogP contribution in [0.5, 0.6) is 5.75 Å². The Kier molecular flexibility index (Phi) is 6.35. The van der Waals surface area contributed by atoms with Crippen molar-refractivity contribution in [3.05, 3.63) is 93.4 Å². The van der Waals surface area contributed by atoms with Crippen molar-refractivity contribution in [2.45, 2.75) is 19.0 Å². The Labute approximate surface area is 215 Å². The van der Waals surface area contributed by atoms with Crippen LogP contribution < -0.4 is 15.1 Å². The van der Waals surface area contributed by atoms with Crippen molar-refractivity contribution in [1.29, 1.82) is 0 Å². The minimum Gasteiger partial charge on any atom is -0.494 e. The van der Waals surface area contributed by atoms with Crippen molar-refractivity contribution in [2.24, 2.45) is 5.92 Å². The topological polar surface area (TPSA) is 79.0 Å². The molecule has 2 aliphatic rings. The van der Waals surface area contributed by atoms with E-state index in [1.54, 1.807) is 60.7 Å². The zero-order valence-electron chi connectivity index (χ0n) is 18.7. The first-order valence-corrected chi connectivity index (χ1v) is 12.3. The second kappa shape index (κ2) is 9.45. The molecule has 0 aliphatic carbocycles. The van der Waals surface area contributed by atoms with E-state index < -0.39 is 29.8 Å². The van der Waals surface area contributed by atoms with Crippen molar-refractivity contribution >= 4 is 50.9 Å². The van der Waals surface area contributed by atoms with Crippen LogP contribution in [0.25, 0.3) is 0 Å². The number of ether oxygens (including phenoxy) is 1. The monoisotopic (exact) mass is 553 g/mol. The molecule has 0 saturated carbocycles. The largest absolute Gasteiger partial charge is 0.494 e. The molecule has 3 aromatic rings. The van der Waals surface area contributed by atoms with Gasteiger partial charge in [-0.1, -0.05) is 45.7 Å². The third kappa shape index (κ3) is 4.22. The molecule has 3 atom stereocenters. The molecule has 9 heteroatoms. The van der Waals surface area contributed by atoms with E-state index in [1.807, 2.05) is 19.1 Å². The summed E-state index contributed by atoms with van der Waals surface area (Å²) >= 11 is 9.61. The molecule has 1 N–H and O–H groups in total. The van der Waals surface area contributed by atoms with Crippen LogP contribution in [0.3, 0.4) is 0 Å². The van der Waals surface area contributed by atoms with Gasteiger partial charge < -0.3 is 4.74 Å². The normalized spacial score (nSPS) is 21.4. The lowest BCUT2D eigenvalue weighted by Crippen LogP contribution is -2.48. The molecule has 0 spiro atoms. The van der Waals surface area contributed by atoms with E-state index in [4.69, 9.17) is 16.3 Å². The van der Waals surface area contributed by atoms with E-state index in [9.17, 15) is 14.4 Å². The van der Waals surface area contributed by atoms with Gasteiger partial charge in [-0.15, -0.1) is 0 Å². The van der Waals surface area contributed by atoms with Gasteiger partial charge in [0.05, 0.1) is 24.3 Å². The highest BCUT2D eigenvalue weighted by molar-refractivity contribution is 9.10. The fourth-order valence-electron chi connectivity index (χ4n) is 4.63. The van der Waals surface area contributed by atoms with Gasteiger partial charge in [-0.25, -0.2) is 10.3 Å². The average Bonchev–Trinajstić information content (AvgIpc) is 3.36. The van der Waals surface area contributed by atoms with Crippen LogP contribution in [0.2, 0.25) is 5.02 Å². The minimum atomic E-state index is -1.01. The molecule has 5 rings (SSSR count). The zero-order valence-corrected chi connectivity index (χ0v) is 21.0. The van der Waals surface area contributed by atoms with E-state index in [2.05, 4.69) is 21.4 Å². The van der Waals surface area contributed by atoms with Gasteiger partial charge in [-0.2, -0.15) is 0 Å². The molecule has 3 aromatic carbocycles. The van der Waals surface area contributed by atoms with E-state index >= 15 is 0 Å². The summed E-state index contributed by atoms with van der Waals surface area (Å²) in [5, 5.41) is 1.78. The molecule has 2 heterocycles. The number of imide groups is 1. The number of anilines is 1. The van der Waals surface area contributed by atoms with Gasteiger partial charge in [-0.05, 0) is 67.1 Å². The molecule has 2 aliphatic heterocycles. The van der Waals surface area contributed by atoms with E-state index in [0.717, 1.165) is 9.37 Å². The Bertz CT molecular complexity index is 1320. The second-order valence-corrected chi connectivity index (χ2v) is 9.61. The third-order valence-electron chi connectivity index (χ3n) is 6.14. The second-order valence-electron chi connectivity index (χ2n) is 8.26. The lowest BCUT2D eigenvalue weighted by molar-refractivity contribution is -0.123. The van der Waals surface area contributed by atoms with E-state index in [1.165, 1.54) is 5.01 Å². The van der Waals surface area contributed by atoms with Crippen LogP contribution in [0, 0.1) is 5.92 Å². The van der Waals surface area contributed by atoms with Gasteiger partial charge in [0.1, 0.15) is 11.8 Å². The van der Waals surface area contributed by atoms with Crippen LogP contribution in [0.4, 0.5) is 5.69 Å². The van der Waals surface area contributed by atoms with Gasteiger partial charge in [0, 0.05) is 15.1 Å². The summed E-state index contributed by atoms with van der Waals surface area (Å²) in [6.07, 6.45) is 0. The van der Waals surface area contributed by atoms with Crippen molar-refractivity contribution in [3.8, 4) is 5.75 Å². The van der Waals surface area contributed by atoms with Gasteiger partial charge in [-0.3, -0.25) is 19.4 Å². The van der Waals surface area contributed by atoms with Crippen molar-refractivity contribution in [2.75, 3.05) is 11.5 Å². The summed E-state index contributed by atoms with van der Waals surface area (Å²) in [7, 11) is 0. The SMILES string of the molecule is CCOc1ccc(N2C(=O)[C@@H]3[C@@H](c4cccc(Cl)c4)NN(C(=O)c4cccc(Br)c4)[C@@H]3C2=O)cc1. The molecule has 0 aromatic heterocycles. The summed E-state index contributed by atoms with van der Waals surface area (Å²) < 4.78 is 6.21. The average molecular weight is 555 g/mol. The summed E-state index contributed by atoms with van der Waals surface area (Å²) in [6.45, 7) is 2.38. The van der Waals surface area contributed by atoms with Crippen molar-refractivity contribution < 1.29 is 19.1 Å². The number of amides is 3. The number of halogens is 2. The molecule has 0 radical (unpaired) electrons. The maximum atomic E-state index is 13.7. The van der Waals surface area contributed by atoms with Crippen LogP contribution in [-0.2, 0) is 9.59 Å². The van der Waals surface area contributed by atoms with Gasteiger partial charge in [0.15, 0.2) is 0 Å². The highest BCUT2D eigenvalue weighted by Gasteiger charge is 2.60. The number of nitrogens with one attached hydrogen (secondary N) is 1. The van der Waals surface area contributed by atoms with Gasteiger partial charge in [0.25, 0.3) is 11.8 Å². The first kappa shape index (κ1) is 23.5. The van der Waals surface area contributed by atoms with Crippen LogP contribution in [0.15, 0.2) is 77.3 Å². The van der Waals surface area contributed by atoms with Crippen molar-refractivity contribution in [3.63, 3.8) is 0 Å². The first-order valence-electron chi connectivity index (χ1n) is 11.1. The summed E-state index contributed by atoms with van der Waals surface area (Å²) in [5.74, 6) is -1.43. The molecule has 2 fully saturated rings. The Morgan fingerprint density at radius 2 is 1.77 bits per heavy atom. The summed E-state index contributed by atoms with van der Waals surface area (Å²) in [6, 6.07) is 19.1. The molecular weight excluding hydrogens is 534 g/mol. The lowest BCUT2D eigenvalue weighted by atomic mass is 9.91. The maximum Gasteiger partial charge on any atom is 0.268 e. The fourth-order valence-corrected chi connectivity index (χ4v) is 5.22. The lowest BCUT2D eigenvalue weighted by Gasteiger charge is -2.25. The number of benzene rings is 3. The summed E-state index contributed by atoms with van der Waals surface area (Å²) in [5.41, 5.74) is 4.66. The predicted molar refractivity (Wildman–Crippen MR) is 135 cm³/mol. The Morgan fingerprint density at radius 3 is 2.46 bits per heavy atom. The number of rotatable bonds is 5. The first-order chi connectivity index (χ1) is 16.9. The third-order valence-corrected chi connectivity index (χ3v) is 6.87. The highest BCUT2D eigenvalue weighted by Crippen LogP contribution is 2.43. The number of fused-ring (bicyclic) bond motifs is 1. The number of hydrogen-bond acceptors (Lipinski definition) is 5. The van der Waals surface area contributed by atoms with Gasteiger partial charge >= 0.3 is 0 Å². The van der Waals surface area contributed by atoms with Gasteiger partial charge in [0.2, 0.25) is 5.91 Å². The predicted octanol–water partition coefficient (Wildman–Crippen LogP) is 4.76. The number of carbonyl (C=O) groups excluding carboxylic acids is 3. The minimum absolute atomic E-state index is 0.383. The molecule has 178 valence electrons. The Hall–Kier alpha value is -3.20. The highest BCUT2D eigenvalue weighted by atomic mass is 79.9. The number of hydrogen-bond donors (Lipinski definition) is 1. The molecule has 7 nitrogen and oxygen atoms in total. The summed E-state index contributed by atoms with van der Waals surface area (Å²) in [4.78, 5) is 42.0. The standard InChI is InChI=1S/C26H21BrClN3O4/c1-2-35-20-11-9-19(10-12-20)30-25(33)21-22(15-5-4-8-18(28)14-15)29-31(23(21)26(30)34)24(32)16-6-3-7-17(27)13-16/h3-14,21-23,29H,2H2,1H3/t21-,22-,23+/m1/s1. The molecule has 0 bridgehead atoms. The number of carbonyl (C=O) groups is 3. The molecule has 35 heavy (non-hydrogen) atoms. The molecule has 0 unspecified atom stereocenters. The van der Waals surface area contributed by atoms with Crippen LogP contribution in [-0.4, -0.2) is 35.4 Å². The van der Waals surface area contributed by atoms with Crippen molar-refractivity contribution in [1.82, 2.24) is 10.4 Å². The maximum absolute atomic E-state index is 13.7. The van der Waals surface area contributed by atoms with Crippen LogP contribution >= 0.6 is 27.5 Å². The fraction of sp³-hybridized carbons (Fsp3) is 0.192. The Balaban J connectivity index is 1.55.